The van der Waals surface area contributed by atoms with Gasteiger partial charge in [-0.15, -0.1) is 6.42 Å². The van der Waals surface area contributed by atoms with E-state index in [2.05, 4.69) is 17.8 Å². The monoisotopic (exact) mass is 373 g/mol. The number of unbranched alkanes of at least 4 members (excludes halogenated alkanes) is 3. The number of hydrogen-bond acceptors (Lipinski definition) is 5. The maximum absolute atomic E-state index is 12.4. The van der Waals surface area contributed by atoms with Crippen molar-refractivity contribution in [2.75, 3.05) is 24.6 Å². The van der Waals surface area contributed by atoms with Crippen LogP contribution in [0.3, 0.4) is 0 Å². The molecule has 2 heterocycles. The van der Waals surface area contributed by atoms with Gasteiger partial charge in [0, 0.05) is 6.07 Å². The molecule has 3 rings (SSSR count). The first-order chi connectivity index (χ1) is 12.6. The fourth-order valence-corrected chi connectivity index (χ4v) is 3.88. The number of carbonyl (C=O) groups is 1. The number of anilines is 1. The highest BCUT2D eigenvalue weighted by Gasteiger charge is 2.38. The molecule has 0 radical (unpaired) electrons. The minimum Gasteiger partial charge on any atom is -0.494 e. The Balaban J connectivity index is 1.71. The number of fused-ring (bicyclic) bond motifs is 1. The third-order valence-electron chi connectivity index (χ3n) is 4.26. The Morgan fingerprint density at radius 2 is 2.27 bits per heavy atom. The average molecular weight is 373 g/mol. The van der Waals surface area contributed by atoms with E-state index >= 15 is 0 Å². The van der Waals surface area contributed by atoms with Crippen LogP contribution >= 0.6 is 11.3 Å². The number of aromatic nitrogens is 1. The number of terminal acetylenes is 1. The Morgan fingerprint density at radius 1 is 1.42 bits per heavy atom. The molecule has 1 saturated heterocycles. The predicted octanol–water partition coefficient (Wildman–Crippen LogP) is 3.45. The Labute approximate surface area is 157 Å². The molecule has 0 aliphatic carbocycles. The Morgan fingerprint density at radius 3 is 3.04 bits per heavy atom. The summed E-state index contributed by atoms with van der Waals surface area (Å²) in [4.78, 5) is 19.7. The van der Waals surface area contributed by atoms with E-state index < -0.39 is 6.23 Å². The largest absolute Gasteiger partial charge is 0.494 e. The summed E-state index contributed by atoms with van der Waals surface area (Å²) in [6, 6.07) is 5.41. The quantitative estimate of drug-likeness (QED) is 0.569. The number of hydrogen-bond donors (Lipinski definition) is 1. The first-order valence-corrected chi connectivity index (χ1v) is 9.68. The molecule has 1 fully saturated rings. The zero-order valence-electron chi connectivity index (χ0n) is 14.9. The van der Waals surface area contributed by atoms with Gasteiger partial charge in [-0.3, -0.25) is 0 Å². The van der Waals surface area contributed by atoms with Gasteiger partial charge in [-0.25, -0.2) is 14.7 Å². The van der Waals surface area contributed by atoms with Crippen LogP contribution < -0.4 is 9.64 Å². The first-order valence-electron chi connectivity index (χ1n) is 8.87. The molecule has 1 aliphatic rings. The van der Waals surface area contributed by atoms with Crippen molar-refractivity contribution in [3.8, 4) is 18.1 Å². The lowest BCUT2D eigenvalue weighted by Gasteiger charge is -2.15. The van der Waals surface area contributed by atoms with Gasteiger partial charge >= 0.3 is 6.03 Å². The molecule has 0 bridgehead atoms. The summed E-state index contributed by atoms with van der Waals surface area (Å²) in [5.41, 5.74) is 0.756. The second-order valence-corrected chi connectivity index (χ2v) is 7.26. The molecule has 0 saturated carbocycles. The molecule has 138 valence electrons. The minimum absolute atomic E-state index is 0.174. The maximum atomic E-state index is 12.4. The second-order valence-electron chi connectivity index (χ2n) is 6.25. The molecule has 1 aromatic carbocycles. The second kappa shape index (κ2) is 8.39. The highest BCUT2D eigenvalue weighted by Crippen LogP contribution is 2.34. The molecule has 2 amide bonds. The molecular formula is C19H23N3O3S. The van der Waals surface area contributed by atoms with Crippen LogP contribution in [0.4, 0.5) is 9.93 Å². The number of ether oxygens (including phenoxy) is 1. The van der Waals surface area contributed by atoms with Crippen molar-refractivity contribution in [3.63, 3.8) is 0 Å². The smallest absolute Gasteiger partial charge is 0.329 e. The van der Waals surface area contributed by atoms with Crippen LogP contribution in [0.5, 0.6) is 5.75 Å². The summed E-state index contributed by atoms with van der Waals surface area (Å²) in [5, 5.41) is 10.7. The molecule has 1 atom stereocenters. The van der Waals surface area contributed by atoms with Gasteiger partial charge in [0.05, 0.1) is 29.9 Å². The topological polar surface area (TPSA) is 65.9 Å². The summed E-state index contributed by atoms with van der Waals surface area (Å²) in [6.07, 6.45) is 8.96. The van der Waals surface area contributed by atoms with E-state index in [1.54, 1.807) is 0 Å². The standard InChI is InChI=1S/C19H23N3O3S/c1-3-5-6-7-11-25-14-8-9-16-15(12-14)20-18(26-16)22-17(23)13-21(10-4-2)19(22)24/h2,8-9,12,17,23H,3,5-7,10-11,13H2,1H3. The lowest BCUT2D eigenvalue weighted by Crippen LogP contribution is -2.34. The van der Waals surface area contributed by atoms with Crippen LogP contribution in [0.15, 0.2) is 18.2 Å². The molecule has 1 N–H and O–H groups in total. The maximum Gasteiger partial charge on any atom is 0.329 e. The van der Waals surface area contributed by atoms with Crippen LogP contribution in [-0.2, 0) is 0 Å². The van der Waals surface area contributed by atoms with E-state index in [1.165, 1.54) is 40.4 Å². The van der Waals surface area contributed by atoms with Gasteiger partial charge < -0.3 is 14.7 Å². The Kier molecular flexibility index (Phi) is 5.96. The molecule has 1 unspecified atom stereocenters. The number of amides is 2. The van der Waals surface area contributed by atoms with Crippen molar-refractivity contribution in [2.24, 2.45) is 0 Å². The minimum atomic E-state index is -0.939. The molecule has 2 aromatic rings. The fraction of sp³-hybridized carbons (Fsp3) is 0.474. The van der Waals surface area contributed by atoms with Gasteiger partial charge in [-0.05, 0) is 18.6 Å². The molecule has 26 heavy (non-hydrogen) atoms. The molecule has 0 spiro atoms. The van der Waals surface area contributed by atoms with Gasteiger partial charge in [0.25, 0.3) is 0 Å². The summed E-state index contributed by atoms with van der Waals surface area (Å²) in [6.45, 7) is 3.23. The summed E-state index contributed by atoms with van der Waals surface area (Å²) < 4.78 is 6.73. The van der Waals surface area contributed by atoms with E-state index in [4.69, 9.17) is 11.2 Å². The van der Waals surface area contributed by atoms with Crippen molar-refractivity contribution in [2.45, 2.75) is 38.8 Å². The number of urea groups is 1. The van der Waals surface area contributed by atoms with Gasteiger partial charge in [0.1, 0.15) is 5.75 Å². The highest BCUT2D eigenvalue weighted by atomic mass is 32.1. The van der Waals surface area contributed by atoms with Crippen molar-refractivity contribution in [3.05, 3.63) is 18.2 Å². The SMILES string of the molecule is C#CCN1CC(O)N(c2nc3cc(OCCCCCC)ccc3s2)C1=O. The number of thiazole rings is 1. The summed E-state index contributed by atoms with van der Waals surface area (Å²) in [5.74, 6) is 3.20. The van der Waals surface area contributed by atoms with Gasteiger partial charge in [0.2, 0.25) is 0 Å². The molecule has 6 nitrogen and oxygen atoms in total. The van der Waals surface area contributed by atoms with Crippen molar-refractivity contribution in [1.29, 1.82) is 0 Å². The Bertz CT molecular complexity index is 814. The number of benzene rings is 1. The average Bonchev–Trinajstić information content (AvgIpc) is 3.15. The van der Waals surface area contributed by atoms with Crippen molar-refractivity contribution in [1.82, 2.24) is 9.88 Å². The van der Waals surface area contributed by atoms with Crippen LogP contribution in [0.25, 0.3) is 10.2 Å². The number of carbonyl (C=O) groups excluding carboxylic acids is 1. The van der Waals surface area contributed by atoms with E-state index in [1.807, 2.05) is 18.2 Å². The number of aliphatic hydroxyl groups excluding tert-OH is 1. The predicted molar refractivity (Wildman–Crippen MR) is 104 cm³/mol. The van der Waals surface area contributed by atoms with Crippen LogP contribution in [0, 0.1) is 12.3 Å². The van der Waals surface area contributed by atoms with Gasteiger partial charge in [-0.2, -0.15) is 0 Å². The van der Waals surface area contributed by atoms with E-state index in [0.29, 0.717) is 11.7 Å². The Hall–Kier alpha value is -2.30. The molecule has 7 heteroatoms. The third kappa shape index (κ3) is 3.92. The fourth-order valence-electron chi connectivity index (χ4n) is 2.90. The number of rotatable bonds is 8. The van der Waals surface area contributed by atoms with E-state index in [-0.39, 0.29) is 19.1 Å². The lowest BCUT2D eigenvalue weighted by atomic mass is 10.2. The van der Waals surface area contributed by atoms with E-state index in [0.717, 1.165) is 22.4 Å². The highest BCUT2D eigenvalue weighted by molar-refractivity contribution is 7.22. The van der Waals surface area contributed by atoms with Gasteiger partial charge in [-0.1, -0.05) is 43.4 Å². The molecule has 1 aliphatic heterocycles. The van der Waals surface area contributed by atoms with Gasteiger partial charge in [0.15, 0.2) is 11.4 Å². The van der Waals surface area contributed by atoms with E-state index in [9.17, 15) is 9.90 Å². The molecular weight excluding hydrogens is 350 g/mol. The zero-order chi connectivity index (χ0) is 18.5. The summed E-state index contributed by atoms with van der Waals surface area (Å²) >= 11 is 1.37. The van der Waals surface area contributed by atoms with Crippen LogP contribution in [0.2, 0.25) is 0 Å². The zero-order valence-corrected chi connectivity index (χ0v) is 15.7. The van der Waals surface area contributed by atoms with Crippen LogP contribution in [0.1, 0.15) is 32.6 Å². The lowest BCUT2D eigenvalue weighted by molar-refractivity contribution is 0.181. The molecule has 1 aromatic heterocycles. The first kappa shape index (κ1) is 18.5. The van der Waals surface area contributed by atoms with Crippen molar-refractivity contribution >= 4 is 32.7 Å². The summed E-state index contributed by atoms with van der Waals surface area (Å²) in [7, 11) is 0. The third-order valence-corrected chi connectivity index (χ3v) is 5.30. The van der Waals surface area contributed by atoms with Crippen molar-refractivity contribution < 1.29 is 14.6 Å². The number of nitrogens with zero attached hydrogens (tertiary/aromatic N) is 3. The number of β-amino-alcohol motifs (C(OH)–C–C–N with tert-alkyl or cyclic N) is 1. The number of aliphatic hydroxyl groups is 1. The van der Waals surface area contributed by atoms with Crippen LogP contribution in [-0.4, -0.2) is 46.9 Å². The normalized spacial score (nSPS) is 17.1.